The smallest absolute Gasteiger partial charge is 0.0780 e. The van der Waals surface area contributed by atoms with E-state index in [0.717, 1.165) is 28.2 Å². The van der Waals surface area contributed by atoms with Crippen LogP contribution in [0.25, 0.3) is 0 Å². The van der Waals surface area contributed by atoms with Crippen molar-refractivity contribution in [1.82, 2.24) is 4.90 Å². The van der Waals surface area contributed by atoms with Crippen LogP contribution in [0.4, 0.5) is 0 Å². The van der Waals surface area contributed by atoms with Gasteiger partial charge < -0.3 is 9.38 Å². The molecule has 0 amide bonds. The van der Waals surface area contributed by atoms with Gasteiger partial charge in [0.1, 0.15) is 0 Å². The molecule has 2 nitrogen and oxygen atoms in total. The Morgan fingerprint density at radius 1 is 0.760 bits per heavy atom. The Kier molecular flexibility index (Phi) is 13.1. The van der Waals surface area contributed by atoms with Gasteiger partial charge in [-0.1, -0.05) is 47.5 Å². The zero-order valence-corrected chi connectivity index (χ0v) is 19.3. The molecule has 152 valence electrons. The summed E-state index contributed by atoms with van der Waals surface area (Å²) in [4.78, 5) is 2.62. The Morgan fingerprint density at radius 3 is 1.76 bits per heavy atom. The predicted molar refractivity (Wildman–Crippen MR) is 115 cm³/mol. The highest BCUT2D eigenvalue weighted by Gasteiger charge is 2.23. The van der Waals surface area contributed by atoms with E-state index in [0.29, 0.717) is 0 Å². The molecular weight excluding hydrogens is 304 g/mol. The lowest BCUT2D eigenvalue weighted by Gasteiger charge is -2.32. The quantitative estimate of drug-likeness (QED) is 0.260. The Labute approximate surface area is 160 Å². The molecule has 2 unspecified atom stereocenters. The highest BCUT2D eigenvalue weighted by molar-refractivity contribution is 4.75. The summed E-state index contributed by atoms with van der Waals surface area (Å²) < 4.78 is 1.10. The van der Waals surface area contributed by atoms with E-state index in [1.165, 1.54) is 64.6 Å². The first-order valence-corrected chi connectivity index (χ1v) is 11.0. The van der Waals surface area contributed by atoms with E-state index < -0.39 is 0 Å². The van der Waals surface area contributed by atoms with Crippen molar-refractivity contribution in [3.8, 4) is 0 Å². The van der Waals surface area contributed by atoms with Crippen molar-refractivity contribution < 1.29 is 4.48 Å². The van der Waals surface area contributed by atoms with E-state index in [4.69, 9.17) is 0 Å². The Balaban J connectivity index is 4.22. The molecule has 0 aromatic rings. The second-order valence-electron chi connectivity index (χ2n) is 10.4. The highest BCUT2D eigenvalue weighted by Crippen LogP contribution is 2.29. The van der Waals surface area contributed by atoms with Gasteiger partial charge in [0.2, 0.25) is 0 Å². The summed E-state index contributed by atoms with van der Waals surface area (Å²) in [5.41, 5.74) is 0. The standard InChI is InChI=1S/C23H51N2/c1-10-22(17-20(2)3)23(18-21(4)5)19-24(6)15-13-11-12-14-16-25(7,8)9/h20-23H,10-19H2,1-9H3/q+1. The summed E-state index contributed by atoms with van der Waals surface area (Å²) in [6.07, 6.45) is 9.64. The lowest BCUT2D eigenvalue weighted by Crippen LogP contribution is -2.35. The van der Waals surface area contributed by atoms with Crippen LogP contribution in [0.1, 0.15) is 79.6 Å². The first-order valence-electron chi connectivity index (χ1n) is 11.0. The first-order chi connectivity index (χ1) is 11.5. The molecule has 0 aliphatic carbocycles. The Hall–Kier alpha value is -0.0800. The SMILES string of the molecule is CCC(CC(C)C)C(CC(C)C)CN(C)CCCCCC[N+](C)(C)C. The summed E-state index contributed by atoms with van der Waals surface area (Å²) in [5, 5.41) is 0. The molecule has 0 spiro atoms. The van der Waals surface area contributed by atoms with E-state index in [-0.39, 0.29) is 0 Å². The van der Waals surface area contributed by atoms with Gasteiger partial charge in [-0.15, -0.1) is 0 Å². The molecule has 0 saturated carbocycles. The van der Waals surface area contributed by atoms with Crippen molar-refractivity contribution in [2.24, 2.45) is 23.7 Å². The molecule has 0 aromatic carbocycles. The fourth-order valence-corrected chi connectivity index (χ4v) is 4.13. The number of rotatable bonds is 15. The number of hydrogen-bond acceptors (Lipinski definition) is 1. The molecule has 0 saturated heterocycles. The van der Waals surface area contributed by atoms with Crippen LogP contribution in [-0.2, 0) is 0 Å². The molecule has 2 heteroatoms. The van der Waals surface area contributed by atoms with Crippen molar-refractivity contribution in [2.45, 2.75) is 79.6 Å². The van der Waals surface area contributed by atoms with Gasteiger partial charge in [0, 0.05) is 6.54 Å². The Morgan fingerprint density at radius 2 is 1.28 bits per heavy atom. The molecule has 0 aliphatic rings. The third-order valence-corrected chi connectivity index (χ3v) is 5.40. The van der Waals surface area contributed by atoms with Gasteiger partial charge >= 0.3 is 0 Å². The van der Waals surface area contributed by atoms with E-state index in [2.05, 4.69) is 67.7 Å². The van der Waals surface area contributed by atoms with Gasteiger partial charge in [-0.3, -0.25) is 0 Å². The van der Waals surface area contributed by atoms with Gasteiger partial charge in [-0.05, 0) is 69.4 Å². The molecule has 0 radical (unpaired) electrons. The Bertz CT molecular complexity index is 304. The summed E-state index contributed by atoms with van der Waals surface area (Å²) in [7, 11) is 9.24. The normalized spacial score (nSPS) is 15.4. The van der Waals surface area contributed by atoms with Crippen LogP contribution in [0.3, 0.4) is 0 Å². The van der Waals surface area contributed by atoms with E-state index >= 15 is 0 Å². The zero-order chi connectivity index (χ0) is 19.5. The number of nitrogens with zero attached hydrogens (tertiary/aromatic N) is 2. The number of unbranched alkanes of at least 4 members (excludes halogenated alkanes) is 3. The fraction of sp³-hybridized carbons (Fsp3) is 1.00. The molecule has 0 aliphatic heterocycles. The molecule has 0 aromatic heterocycles. The third-order valence-electron chi connectivity index (χ3n) is 5.40. The average molecular weight is 356 g/mol. The van der Waals surface area contributed by atoms with Crippen molar-refractivity contribution in [3.63, 3.8) is 0 Å². The topological polar surface area (TPSA) is 3.24 Å². The van der Waals surface area contributed by atoms with Crippen molar-refractivity contribution >= 4 is 0 Å². The van der Waals surface area contributed by atoms with Crippen LogP contribution in [0.15, 0.2) is 0 Å². The fourth-order valence-electron chi connectivity index (χ4n) is 4.13. The summed E-state index contributed by atoms with van der Waals surface area (Å²) >= 11 is 0. The monoisotopic (exact) mass is 355 g/mol. The van der Waals surface area contributed by atoms with Crippen LogP contribution in [-0.4, -0.2) is 57.2 Å². The summed E-state index contributed by atoms with van der Waals surface area (Å²) in [5.74, 6) is 3.41. The van der Waals surface area contributed by atoms with Crippen LogP contribution in [0.2, 0.25) is 0 Å². The predicted octanol–water partition coefficient (Wildman–Crippen LogP) is 5.92. The maximum absolute atomic E-state index is 2.62. The third kappa shape index (κ3) is 14.7. The average Bonchev–Trinajstić information content (AvgIpc) is 2.45. The lowest BCUT2D eigenvalue weighted by molar-refractivity contribution is -0.870. The minimum absolute atomic E-state index is 0.815. The van der Waals surface area contributed by atoms with Gasteiger partial charge in [-0.25, -0.2) is 0 Å². The van der Waals surface area contributed by atoms with Gasteiger partial charge in [0.25, 0.3) is 0 Å². The molecule has 0 bridgehead atoms. The maximum atomic E-state index is 2.62. The van der Waals surface area contributed by atoms with E-state index in [9.17, 15) is 0 Å². The van der Waals surface area contributed by atoms with Gasteiger partial charge in [-0.2, -0.15) is 0 Å². The maximum Gasteiger partial charge on any atom is 0.0780 e. The largest absolute Gasteiger partial charge is 0.331 e. The molecule has 25 heavy (non-hydrogen) atoms. The van der Waals surface area contributed by atoms with Gasteiger partial charge in [0.05, 0.1) is 27.7 Å². The van der Waals surface area contributed by atoms with E-state index in [1.807, 2.05) is 0 Å². The summed E-state index contributed by atoms with van der Waals surface area (Å²) in [6, 6.07) is 0. The highest BCUT2D eigenvalue weighted by atomic mass is 15.3. The van der Waals surface area contributed by atoms with Crippen molar-refractivity contribution in [3.05, 3.63) is 0 Å². The number of hydrogen-bond donors (Lipinski definition) is 0. The van der Waals surface area contributed by atoms with Crippen molar-refractivity contribution in [2.75, 3.05) is 47.8 Å². The molecule has 0 rings (SSSR count). The second kappa shape index (κ2) is 13.1. The van der Waals surface area contributed by atoms with Crippen LogP contribution in [0.5, 0.6) is 0 Å². The first kappa shape index (κ1) is 24.9. The van der Waals surface area contributed by atoms with Gasteiger partial charge in [0.15, 0.2) is 0 Å². The molecule has 2 atom stereocenters. The summed E-state index contributed by atoms with van der Waals surface area (Å²) in [6.45, 7) is 15.8. The number of quaternary nitrogens is 1. The second-order valence-corrected chi connectivity index (χ2v) is 10.4. The molecule has 0 fully saturated rings. The molecule has 0 N–H and O–H groups in total. The van der Waals surface area contributed by atoms with Crippen LogP contribution < -0.4 is 0 Å². The lowest BCUT2D eigenvalue weighted by atomic mass is 9.79. The minimum atomic E-state index is 0.815. The van der Waals surface area contributed by atoms with Crippen LogP contribution in [0, 0.1) is 23.7 Å². The molecule has 0 heterocycles. The van der Waals surface area contributed by atoms with Crippen molar-refractivity contribution in [1.29, 1.82) is 0 Å². The zero-order valence-electron chi connectivity index (χ0n) is 19.3. The van der Waals surface area contributed by atoms with Crippen LogP contribution >= 0.6 is 0 Å². The van der Waals surface area contributed by atoms with E-state index in [1.54, 1.807) is 0 Å². The molecular formula is C23H51N2+. The minimum Gasteiger partial charge on any atom is -0.331 e.